The van der Waals surface area contributed by atoms with Gasteiger partial charge in [0.1, 0.15) is 0 Å². The molecular weight excluding hydrogens is 371 g/mol. The summed E-state index contributed by atoms with van der Waals surface area (Å²) in [5.74, 6) is -0.0385. The first kappa shape index (κ1) is 19.2. The lowest BCUT2D eigenvalue weighted by molar-refractivity contribution is -0.128. The monoisotopic (exact) mass is 390 g/mol. The van der Waals surface area contributed by atoms with Crippen molar-refractivity contribution < 1.29 is 13.2 Å². The van der Waals surface area contributed by atoms with Crippen LogP contribution in [-0.2, 0) is 14.8 Å². The van der Waals surface area contributed by atoms with E-state index in [2.05, 4.69) is 0 Å². The highest BCUT2D eigenvalue weighted by Gasteiger charge is 2.30. The molecule has 0 radical (unpaired) electrons. The Balaban J connectivity index is 2.09. The number of halogens is 2. The Morgan fingerprint density at radius 1 is 1.17 bits per heavy atom. The van der Waals surface area contributed by atoms with Gasteiger partial charge >= 0.3 is 0 Å². The zero-order valence-electron chi connectivity index (χ0n) is 13.6. The van der Waals surface area contributed by atoms with Gasteiger partial charge in [-0.3, -0.25) is 4.79 Å². The quantitative estimate of drug-likeness (QED) is 0.741. The second-order valence-electron chi connectivity index (χ2n) is 5.57. The summed E-state index contributed by atoms with van der Waals surface area (Å²) < 4.78 is 26.7. The molecule has 0 spiro atoms. The number of benzene rings is 1. The van der Waals surface area contributed by atoms with E-state index in [0.717, 1.165) is 6.42 Å². The topological polar surface area (TPSA) is 57.7 Å². The van der Waals surface area contributed by atoms with Crippen molar-refractivity contribution in [3.8, 4) is 0 Å². The van der Waals surface area contributed by atoms with Crippen molar-refractivity contribution in [2.75, 3.05) is 26.2 Å². The maximum atomic E-state index is 12.7. The van der Waals surface area contributed by atoms with Crippen LogP contribution in [0.15, 0.2) is 34.7 Å². The van der Waals surface area contributed by atoms with E-state index >= 15 is 0 Å². The van der Waals surface area contributed by atoms with Crippen LogP contribution in [0.2, 0.25) is 10.0 Å². The SMILES string of the molecule is CC/C=C(/C)C(=O)N1CCN(S(=O)(=O)c2ccc(Cl)c(Cl)c2)CC1. The fraction of sp³-hybridized carbons (Fsp3) is 0.438. The maximum absolute atomic E-state index is 12.7. The molecule has 1 fully saturated rings. The number of carbonyl (C=O) groups excluding carboxylic acids is 1. The van der Waals surface area contributed by atoms with Gasteiger partial charge in [0.05, 0.1) is 14.9 Å². The van der Waals surface area contributed by atoms with Crippen molar-refractivity contribution in [2.24, 2.45) is 0 Å². The number of allylic oxidation sites excluding steroid dienone is 1. The number of piperazine rings is 1. The summed E-state index contributed by atoms with van der Waals surface area (Å²) in [6.07, 6.45) is 2.67. The molecule has 5 nitrogen and oxygen atoms in total. The molecule has 8 heteroatoms. The molecule has 0 saturated carbocycles. The first-order chi connectivity index (χ1) is 11.3. The van der Waals surface area contributed by atoms with Crippen LogP contribution < -0.4 is 0 Å². The number of hydrogen-bond donors (Lipinski definition) is 0. The average molecular weight is 391 g/mol. The highest BCUT2D eigenvalue weighted by atomic mass is 35.5. The van der Waals surface area contributed by atoms with Gasteiger partial charge < -0.3 is 4.90 Å². The molecule has 132 valence electrons. The molecule has 1 amide bonds. The van der Waals surface area contributed by atoms with Crippen LogP contribution in [0, 0.1) is 0 Å². The summed E-state index contributed by atoms with van der Waals surface area (Å²) in [6, 6.07) is 4.26. The predicted octanol–water partition coefficient (Wildman–Crippen LogP) is 3.18. The van der Waals surface area contributed by atoms with Gasteiger partial charge in [-0.25, -0.2) is 8.42 Å². The molecule has 2 rings (SSSR count). The Morgan fingerprint density at radius 3 is 2.33 bits per heavy atom. The van der Waals surface area contributed by atoms with Crippen molar-refractivity contribution in [1.82, 2.24) is 9.21 Å². The zero-order chi connectivity index (χ0) is 17.9. The van der Waals surface area contributed by atoms with Gasteiger partial charge in [-0.1, -0.05) is 36.2 Å². The molecule has 1 saturated heterocycles. The van der Waals surface area contributed by atoms with E-state index in [1.165, 1.54) is 22.5 Å². The summed E-state index contributed by atoms with van der Waals surface area (Å²) in [5.41, 5.74) is 0.693. The van der Waals surface area contributed by atoms with Crippen LogP contribution >= 0.6 is 23.2 Å². The largest absolute Gasteiger partial charge is 0.336 e. The first-order valence-corrected chi connectivity index (χ1v) is 9.88. The summed E-state index contributed by atoms with van der Waals surface area (Å²) in [7, 11) is -3.64. The fourth-order valence-corrected chi connectivity index (χ4v) is 4.37. The van der Waals surface area contributed by atoms with Gasteiger partial charge in [0.2, 0.25) is 15.9 Å². The molecule has 1 heterocycles. The number of hydrogen-bond acceptors (Lipinski definition) is 3. The van der Waals surface area contributed by atoms with E-state index in [-0.39, 0.29) is 28.9 Å². The van der Waals surface area contributed by atoms with E-state index in [9.17, 15) is 13.2 Å². The molecule has 0 N–H and O–H groups in total. The van der Waals surface area contributed by atoms with E-state index in [4.69, 9.17) is 23.2 Å². The average Bonchev–Trinajstić information content (AvgIpc) is 2.57. The van der Waals surface area contributed by atoms with Crippen LogP contribution in [0.1, 0.15) is 20.3 Å². The third kappa shape index (κ3) is 4.11. The Bertz CT molecular complexity index is 755. The molecule has 24 heavy (non-hydrogen) atoms. The molecule has 0 aromatic heterocycles. The van der Waals surface area contributed by atoms with Gasteiger partial charge in [-0.15, -0.1) is 0 Å². The Morgan fingerprint density at radius 2 is 1.79 bits per heavy atom. The summed E-state index contributed by atoms with van der Waals surface area (Å²) in [6.45, 7) is 5.01. The first-order valence-electron chi connectivity index (χ1n) is 7.68. The van der Waals surface area contributed by atoms with Crippen LogP contribution in [0.5, 0.6) is 0 Å². The third-order valence-electron chi connectivity index (χ3n) is 3.90. The molecular formula is C16H20Cl2N2O3S. The highest BCUT2D eigenvalue weighted by molar-refractivity contribution is 7.89. The van der Waals surface area contributed by atoms with Crippen LogP contribution in [0.4, 0.5) is 0 Å². The molecule has 1 aliphatic heterocycles. The molecule has 0 bridgehead atoms. The minimum absolute atomic E-state index is 0.0385. The van der Waals surface area contributed by atoms with Gasteiger partial charge in [0.25, 0.3) is 0 Å². The van der Waals surface area contributed by atoms with Crippen LogP contribution in [0.25, 0.3) is 0 Å². The summed E-state index contributed by atoms with van der Waals surface area (Å²) in [4.78, 5) is 14.0. The minimum Gasteiger partial charge on any atom is -0.336 e. The van der Waals surface area contributed by atoms with Gasteiger partial charge in [0, 0.05) is 31.8 Å². The second kappa shape index (κ2) is 7.87. The van der Waals surface area contributed by atoms with Gasteiger partial charge in [0.15, 0.2) is 0 Å². The lowest BCUT2D eigenvalue weighted by atomic mass is 10.2. The molecule has 0 atom stereocenters. The lowest BCUT2D eigenvalue weighted by Gasteiger charge is -2.34. The molecule has 0 unspecified atom stereocenters. The molecule has 1 aromatic carbocycles. The predicted molar refractivity (Wildman–Crippen MR) is 95.8 cm³/mol. The van der Waals surface area contributed by atoms with E-state index in [1.54, 1.807) is 11.8 Å². The Labute approximate surface area is 152 Å². The van der Waals surface area contributed by atoms with E-state index in [1.807, 2.05) is 13.0 Å². The van der Waals surface area contributed by atoms with Crippen molar-refractivity contribution >= 4 is 39.1 Å². The third-order valence-corrected chi connectivity index (χ3v) is 6.54. The van der Waals surface area contributed by atoms with Crippen LogP contribution in [-0.4, -0.2) is 49.7 Å². The van der Waals surface area contributed by atoms with Crippen LogP contribution in [0.3, 0.4) is 0 Å². The van der Waals surface area contributed by atoms with Gasteiger partial charge in [-0.05, 0) is 31.5 Å². The Hall–Kier alpha value is -1.08. The zero-order valence-corrected chi connectivity index (χ0v) is 16.0. The number of amides is 1. The molecule has 1 aliphatic rings. The standard InChI is InChI=1S/C16H20Cl2N2O3S/c1-3-4-12(2)16(21)19-7-9-20(10-8-19)24(22,23)13-5-6-14(17)15(18)11-13/h4-6,11H,3,7-10H2,1-2H3/b12-4-. The fourth-order valence-electron chi connectivity index (χ4n) is 2.56. The highest BCUT2D eigenvalue weighted by Crippen LogP contribution is 2.27. The van der Waals surface area contributed by atoms with Crippen molar-refractivity contribution in [3.63, 3.8) is 0 Å². The molecule has 0 aliphatic carbocycles. The molecule has 1 aromatic rings. The van der Waals surface area contributed by atoms with Gasteiger partial charge in [-0.2, -0.15) is 4.31 Å². The second-order valence-corrected chi connectivity index (χ2v) is 8.32. The lowest BCUT2D eigenvalue weighted by Crippen LogP contribution is -2.50. The summed E-state index contributed by atoms with van der Waals surface area (Å²) >= 11 is 11.7. The van der Waals surface area contributed by atoms with Crippen molar-refractivity contribution in [3.05, 3.63) is 39.9 Å². The number of nitrogens with zero attached hydrogens (tertiary/aromatic N) is 2. The van der Waals surface area contributed by atoms with E-state index in [0.29, 0.717) is 23.7 Å². The number of sulfonamides is 1. The summed E-state index contributed by atoms with van der Waals surface area (Å²) in [5, 5.41) is 0.510. The Kier molecular flexibility index (Phi) is 6.31. The maximum Gasteiger partial charge on any atom is 0.249 e. The number of rotatable bonds is 4. The smallest absolute Gasteiger partial charge is 0.249 e. The van der Waals surface area contributed by atoms with E-state index < -0.39 is 10.0 Å². The number of carbonyl (C=O) groups is 1. The minimum atomic E-state index is -3.64. The normalized spacial score (nSPS) is 17.2. The van der Waals surface area contributed by atoms with Crippen molar-refractivity contribution in [2.45, 2.75) is 25.2 Å². The van der Waals surface area contributed by atoms with Crippen molar-refractivity contribution in [1.29, 1.82) is 0 Å².